The predicted octanol–water partition coefficient (Wildman–Crippen LogP) is 5.55. The molecular weight excluding hydrogens is 556 g/mol. The molecule has 9 rings (SSSR count). The monoisotopic (exact) mass is 584 g/mol. The van der Waals surface area contributed by atoms with Crippen LogP contribution in [-0.4, -0.2) is 58.1 Å². The summed E-state index contributed by atoms with van der Waals surface area (Å²) in [6, 6.07) is 24.7. The lowest BCUT2D eigenvalue weighted by molar-refractivity contribution is -0.264. The van der Waals surface area contributed by atoms with Crippen molar-refractivity contribution < 1.29 is 23.9 Å². The van der Waals surface area contributed by atoms with Gasteiger partial charge in [-0.2, -0.15) is 0 Å². The third-order valence-corrected chi connectivity index (χ3v) is 9.96. The number of nitrogens with zero attached hydrogens (tertiary/aromatic N) is 3. The van der Waals surface area contributed by atoms with Gasteiger partial charge in [-0.25, -0.2) is 0 Å². The van der Waals surface area contributed by atoms with Crippen molar-refractivity contribution in [3.8, 4) is 0 Å². The van der Waals surface area contributed by atoms with Gasteiger partial charge < -0.3 is 23.5 Å². The summed E-state index contributed by atoms with van der Waals surface area (Å²) in [5.74, 6) is -0.908. The van der Waals surface area contributed by atoms with Gasteiger partial charge in [-0.1, -0.05) is 54.6 Å². The molecular formula is C35H28N4O5. The van der Waals surface area contributed by atoms with Gasteiger partial charge in [0.2, 0.25) is 0 Å². The molecule has 2 aromatic heterocycles. The van der Waals surface area contributed by atoms with Crippen molar-refractivity contribution in [3.63, 3.8) is 0 Å². The Morgan fingerprint density at radius 2 is 1.48 bits per heavy atom. The van der Waals surface area contributed by atoms with E-state index in [2.05, 4.69) is 14.5 Å². The van der Waals surface area contributed by atoms with Crippen LogP contribution in [0.2, 0.25) is 0 Å². The highest BCUT2D eigenvalue weighted by Gasteiger charge is 2.55. The zero-order valence-electron chi connectivity index (χ0n) is 24.3. The minimum atomic E-state index is -1.10. The smallest absolute Gasteiger partial charge is 0.259 e. The number of likely N-dealkylation sites (N-methyl/N-ethyl adjacent to an activating group) is 1. The van der Waals surface area contributed by atoms with Crippen LogP contribution in [0.25, 0.3) is 43.6 Å². The zero-order chi connectivity index (χ0) is 30.1. The third-order valence-electron chi connectivity index (χ3n) is 9.96. The van der Waals surface area contributed by atoms with Crippen molar-refractivity contribution in [3.05, 3.63) is 95.6 Å². The fourth-order valence-corrected chi connectivity index (χ4v) is 8.25. The number of imide groups is 1. The Morgan fingerprint density at radius 1 is 0.886 bits per heavy atom. The quantitative estimate of drug-likeness (QED) is 0.276. The summed E-state index contributed by atoms with van der Waals surface area (Å²) in [4.78, 5) is 42.7. The summed E-state index contributed by atoms with van der Waals surface area (Å²) in [5, 5.41) is 5.74. The molecule has 2 bridgehead atoms. The Morgan fingerprint density at radius 3 is 2.16 bits per heavy atom. The number of amides is 3. The van der Waals surface area contributed by atoms with Crippen molar-refractivity contribution in [1.82, 2.24) is 19.4 Å². The molecule has 9 nitrogen and oxygen atoms in total. The van der Waals surface area contributed by atoms with E-state index >= 15 is 0 Å². The largest absolute Gasteiger partial charge is 0.374 e. The molecule has 0 radical (unpaired) electrons. The fraction of sp³-hybridized carbons (Fsp3) is 0.229. The molecule has 6 aromatic rings. The van der Waals surface area contributed by atoms with E-state index in [0.717, 1.165) is 38.2 Å². The first kappa shape index (κ1) is 25.5. The van der Waals surface area contributed by atoms with Gasteiger partial charge in [-0.15, -0.1) is 0 Å². The molecule has 44 heavy (non-hydrogen) atoms. The van der Waals surface area contributed by atoms with Gasteiger partial charge in [0.05, 0.1) is 39.2 Å². The molecule has 0 unspecified atom stereocenters. The first-order valence-electron chi connectivity index (χ1n) is 14.8. The van der Waals surface area contributed by atoms with Crippen molar-refractivity contribution in [2.45, 2.75) is 37.4 Å². The number of aromatic nitrogens is 2. The number of hydrogen-bond donors (Lipinski definition) is 1. The van der Waals surface area contributed by atoms with Gasteiger partial charge in [-0.05, 0) is 31.2 Å². The van der Waals surface area contributed by atoms with E-state index in [1.54, 1.807) is 12.0 Å². The minimum Gasteiger partial charge on any atom is -0.374 e. The Balaban J connectivity index is 1.44. The average molecular weight is 585 g/mol. The molecule has 1 fully saturated rings. The summed E-state index contributed by atoms with van der Waals surface area (Å²) in [6.45, 7) is 2.01. The van der Waals surface area contributed by atoms with Crippen LogP contribution in [0.4, 0.5) is 0 Å². The van der Waals surface area contributed by atoms with Crippen molar-refractivity contribution in [2.75, 3.05) is 14.2 Å². The third kappa shape index (κ3) is 2.93. The molecule has 1 N–H and O–H groups in total. The van der Waals surface area contributed by atoms with Gasteiger partial charge in [-0.3, -0.25) is 19.7 Å². The van der Waals surface area contributed by atoms with Crippen molar-refractivity contribution in [1.29, 1.82) is 0 Å². The van der Waals surface area contributed by atoms with Crippen LogP contribution in [0, 0.1) is 0 Å². The van der Waals surface area contributed by atoms with E-state index in [9.17, 15) is 14.4 Å². The predicted molar refractivity (Wildman–Crippen MR) is 166 cm³/mol. The van der Waals surface area contributed by atoms with Crippen LogP contribution in [0.3, 0.4) is 0 Å². The Bertz CT molecular complexity index is 2270. The van der Waals surface area contributed by atoms with Gasteiger partial charge in [0.15, 0.2) is 5.72 Å². The second-order valence-electron chi connectivity index (χ2n) is 12.1. The van der Waals surface area contributed by atoms with E-state index in [0.29, 0.717) is 28.5 Å². The number of rotatable bonds is 3. The number of fused-ring (bicyclic) bond motifs is 13. The molecule has 3 amide bonds. The second kappa shape index (κ2) is 8.56. The number of para-hydroxylation sites is 2. The van der Waals surface area contributed by atoms with E-state index in [1.165, 1.54) is 0 Å². The topological polar surface area (TPSA) is 94.8 Å². The van der Waals surface area contributed by atoms with Crippen LogP contribution in [0.5, 0.6) is 0 Å². The number of hydrogen-bond acceptors (Lipinski definition) is 5. The molecule has 0 spiro atoms. The standard InChI is InChI=1S/C35H28N4O5/c1-35-31(43-3)23(37(2)34(42)18-11-5-4-6-12-18)17-24(44-35)38-21-15-9-7-13-19(21)25-27-28(33(41)36-32(27)40)26-20-14-8-10-16-22(20)39(35)30(26)29(25)38/h4-16,23-24,31H,17H2,1-3H3,(H,36,40,41)/t23-,24-,31-,35+/m0/s1. The van der Waals surface area contributed by atoms with Crippen LogP contribution in [0.1, 0.15) is 50.6 Å². The van der Waals surface area contributed by atoms with E-state index in [4.69, 9.17) is 9.47 Å². The summed E-state index contributed by atoms with van der Waals surface area (Å²) in [5.41, 5.74) is 3.66. The lowest BCUT2D eigenvalue weighted by Crippen LogP contribution is -2.61. The van der Waals surface area contributed by atoms with Gasteiger partial charge in [0.1, 0.15) is 12.3 Å². The SMILES string of the molecule is CO[C@H]1[C@@H](N(C)C(=O)c2ccccc2)C[C@@H]2O[C@@]1(C)n1c3ccccc3c3c4c(c5c6ccccc6n2c5c31)C(=O)NC4=O. The van der Waals surface area contributed by atoms with Gasteiger partial charge in [0, 0.05) is 47.7 Å². The Hall–Kier alpha value is -4.99. The lowest BCUT2D eigenvalue weighted by atomic mass is 9.91. The highest BCUT2D eigenvalue weighted by Crippen LogP contribution is 2.54. The summed E-state index contributed by atoms with van der Waals surface area (Å²) < 4.78 is 17.8. The molecule has 3 aliphatic heterocycles. The number of methoxy groups -OCH3 is 1. The number of benzene rings is 4. The van der Waals surface area contributed by atoms with E-state index < -0.39 is 29.9 Å². The lowest BCUT2D eigenvalue weighted by Gasteiger charge is -2.50. The van der Waals surface area contributed by atoms with E-state index in [1.807, 2.05) is 92.8 Å². The van der Waals surface area contributed by atoms with Gasteiger partial charge >= 0.3 is 0 Å². The first-order valence-corrected chi connectivity index (χ1v) is 14.8. The molecule has 3 aliphatic rings. The van der Waals surface area contributed by atoms with Crippen LogP contribution < -0.4 is 5.32 Å². The van der Waals surface area contributed by atoms with Crippen LogP contribution >= 0.6 is 0 Å². The Labute approximate surface area is 251 Å². The fourth-order valence-electron chi connectivity index (χ4n) is 8.25. The molecule has 0 aliphatic carbocycles. The molecule has 1 saturated heterocycles. The maximum absolute atomic E-state index is 13.9. The van der Waals surface area contributed by atoms with Crippen LogP contribution in [-0.2, 0) is 15.2 Å². The van der Waals surface area contributed by atoms with Crippen LogP contribution in [0.15, 0.2) is 78.9 Å². The molecule has 9 heteroatoms. The Kier molecular flexibility index (Phi) is 4.96. The zero-order valence-corrected chi connectivity index (χ0v) is 24.3. The van der Waals surface area contributed by atoms with Crippen molar-refractivity contribution >= 4 is 61.3 Å². The molecule has 0 saturated carbocycles. The number of carbonyl (C=O) groups excluding carboxylic acids is 3. The number of ether oxygens (including phenoxy) is 2. The molecule has 4 atom stereocenters. The van der Waals surface area contributed by atoms with Gasteiger partial charge in [0.25, 0.3) is 17.7 Å². The summed E-state index contributed by atoms with van der Waals surface area (Å²) in [6.07, 6.45) is -0.640. The molecule has 5 heterocycles. The summed E-state index contributed by atoms with van der Waals surface area (Å²) in [7, 11) is 3.48. The highest BCUT2D eigenvalue weighted by molar-refractivity contribution is 6.39. The summed E-state index contributed by atoms with van der Waals surface area (Å²) >= 11 is 0. The number of nitrogens with one attached hydrogen (secondary N) is 1. The average Bonchev–Trinajstić information content (AvgIpc) is 3.65. The molecule has 4 aromatic carbocycles. The first-order chi connectivity index (χ1) is 21.3. The highest BCUT2D eigenvalue weighted by atomic mass is 16.6. The minimum absolute atomic E-state index is 0.108. The van der Waals surface area contributed by atoms with Crippen molar-refractivity contribution in [2.24, 2.45) is 0 Å². The maximum Gasteiger partial charge on any atom is 0.259 e. The number of carbonyl (C=O) groups is 3. The van der Waals surface area contributed by atoms with E-state index in [-0.39, 0.29) is 11.9 Å². The maximum atomic E-state index is 13.9. The normalized spacial score (nSPS) is 23.9. The molecule has 218 valence electrons. The second-order valence-corrected chi connectivity index (χ2v) is 12.1.